The summed E-state index contributed by atoms with van der Waals surface area (Å²) in [5, 5.41) is 1.20. The molecule has 148 valence electrons. The van der Waals surface area contributed by atoms with Gasteiger partial charge in [-0.05, 0) is 61.7 Å². The Morgan fingerprint density at radius 2 is 1.62 bits per heavy atom. The van der Waals surface area contributed by atoms with E-state index < -0.39 is 5.60 Å². The molecule has 0 radical (unpaired) electrons. The summed E-state index contributed by atoms with van der Waals surface area (Å²) in [5.74, 6) is 0.841. The predicted molar refractivity (Wildman–Crippen MR) is 119 cm³/mol. The molecular weight excluding hydrogens is 358 g/mol. The molecule has 0 bridgehead atoms. The highest BCUT2D eigenvalue weighted by atomic mass is 16.5. The number of fused-ring (bicyclic) bond motifs is 1. The van der Waals surface area contributed by atoms with E-state index in [4.69, 9.17) is 9.47 Å². The topological polar surface area (TPSA) is 34.2 Å². The van der Waals surface area contributed by atoms with Crippen molar-refractivity contribution in [3.8, 4) is 17.0 Å². The molecule has 0 saturated carbocycles. The van der Waals surface area contributed by atoms with Gasteiger partial charge in [0, 0.05) is 22.2 Å². The molecule has 0 spiro atoms. The van der Waals surface area contributed by atoms with E-state index in [0.717, 1.165) is 33.7 Å². The van der Waals surface area contributed by atoms with Gasteiger partial charge in [0.05, 0.1) is 19.3 Å². The molecular formula is C26H27NO2. The Labute approximate surface area is 172 Å². The van der Waals surface area contributed by atoms with Gasteiger partial charge in [0.25, 0.3) is 0 Å². The molecule has 0 fully saturated rings. The fraction of sp³-hybridized carbons (Fsp3) is 0.231. The van der Waals surface area contributed by atoms with E-state index in [1.54, 1.807) is 7.11 Å². The van der Waals surface area contributed by atoms with Crippen molar-refractivity contribution in [1.29, 1.82) is 0 Å². The molecule has 29 heavy (non-hydrogen) atoms. The van der Waals surface area contributed by atoms with Crippen LogP contribution in [0.2, 0.25) is 0 Å². The van der Waals surface area contributed by atoms with Gasteiger partial charge in [0.1, 0.15) is 5.75 Å². The number of aryl methyl sites for hydroxylation is 1. The first kappa shape index (κ1) is 19.3. The average molecular weight is 386 g/mol. The molecule has 3 heteroatoms. The highest BCUT2D eigenvalue weighted by Crippen LogP contribution is 2.40. The van der Waals surface area contributed by atoms with Crippen molar-refractivity contribution >= 4 is 10.9 Å². The summed E-state index contributed by atoms with van der Waals surface area (Å²) in [5.41, 5.74) is 6.32. The molecule has 0 atom stereocenters. The van der Waals surface area contributed by atoms with Crippen LogP contribution in [-0.4, -0.2) is 12.1 Å². The summed E-state index contributed by atoms with van der Waals surface area (Å²) in [6.45, 7) is 6.92. The Morgan fingerprint density at radius 1 is 0.897 bits per heavy atom. The van der Waals surface area contributed by atoms with Crippen LogP contribution in [0.4, 0.5) is 0 Å². The van der Waals surface area contributed by atoms with Gasteiger partial charge in [-0.1, -0.05) is 48.5 Å². The van der Waals surface area contributed by atoms with Crippen molar-refractivity contribution in [3.63, 3.8) is 0 Å². The SMILES string of the molecule is COc1cc(C)c(-c2cc3ccccc3[nH]2)c(C(C)(C)OCc2ccccc2)c1. The van der Waals surface area contributed by atoms with E-state index in [2.05, 4.69) is 80.4 Å². The third kappa shape index (κ3) is 3.92. The number of hydrogen-bond donors (Lipinski definition) is 1. The predicted octanol–water partition coefficient (Wildman–Crippen LogP) is 6.60. The van der Waals surface area contributed by atoms with E-state index in [1.165, 1.54) is 10.9 Å². The fourth-order valence-corrected chi connectivity index (χ4v) is 3.83. The Morgan fingerprint density at radius 3 is 2.34 bits per heavy atom. The lowest BCUT2D eigenvalue weighted by Gasteiger charge is -2.29. The lowest BCUT2D eigenvalue weighted by atomic mass is 9.88. The van der Waals surface area contributed by atoms with Crippen molar-refractivity contribution in [3.05, 3.63) is 89.5 Å². The molecule has 0 saturated heterocycles. The zero-order chi connectivity index (χ0) is 20.4. The number of methoxy groups -OCH3 is 1. The van der Waals surface area contributed by atoms with Crippen LogP contribution in [0.3, 0.4) is 0 Å². The Balaban J connectivity index is 1.79. The standard InChI is InChI=1S/C26H27NO2/c1-18-14-21(28-4)16-22(26(2,3)29-17-19-10-6-5-7-11-19)25(18)24-15-20-12-8-9-13-23(20)27-24/h5-16,27H,17H2,1-4H3. The monoisotopic (exact) mass is 385 g/mol. The number of rotatable bonds is 6. The minimum absolute atomic E-state index is 0.498. The molecule has 1 N–H and O–H groups in total. The first-order valence-electron chi connectivity index (χ1n) is 9.93. The van der Waals surface area contributed by atoms with Gasteiger partial charge < -0.3 is 14.5 Å². The Hall–Kier alpha value is -3.04. The van der Waals surface area contributed by atoms with E-state index in [0.29, 0.717) is 6.61 Å². The van der Waals surface area contributed by atoms with Crippen LogP contribution in [0.5, 0.6) is 5.75 Å². The highest BCUT2D eigenvalue weighted by Gasteiger charge is 2.28. The van der Waals surface area contributed by atoms with Gasteiger partial charge in [-0.3, -0.25) is 0 Å². The molecule has 0 aliphatic heterocycles. The molecule has 0 aliphatic rings. The van der Waals surface area contributed by atoms with Gasteiger partial charge in [-0.2, -0.15) is 0 Å². The van der Waals surface area contributed by atoms with E-state index in [-0.39, 0.29) is 0 Å². The van der Waals surface area contributed by atoms with Gasteiger partial charge in [0.15, 0.2) is 0 Å². The van der Waals surface area contributed by atoms with Gasteiger partial charge >= 0.3 is 0 Å². The zero-order valence-electron chi connectivity index (χ0n) is 17.5. The third-order valence-corrected chi connectivity index (χ3v) is 5.44. The maximum Gasteiger partial charge on any atom is 0.119 e. The first-order valence-corrected chi connectivity index (χ1v) is 9.93. The van der Waals surface area contributed by atoms with Crippen molar-refractivity contribution in [2.24, 2.45) is 0 Å². The van der Waals surface area contributed by atoms with Crippen LogP contribution in [0.1, 0.15) is 30.5 Å². The summed E-state index contributed by atoms with van der Waals surface area (Å²) < 4.78 is 12.0. The van der Waals surface area contributed by atoms with Crippen LogP contribution >= 0.6 is 0 Å². The minimum Gasteiger partial charge on any atom is -0.497 e. The summed E-state index contributed by atoms with van der Waals surface area (Å²) in [4.78, 5) is 3.58. The molecule has 3 nitrogen and oxygen atoms in total. The number of nitrogens with one attached hydrogen (secondary N) is 1. The number of aromatic amines is 1. The lowest BCUT2D eigenvalue weighted by molar-refractivity contribution is -0.0334. The molecule has 0 amide bonds. The smallest absolute Gasteiger partial charge is 0.119 e. The number of aromatic nitrogens is 1. The second kappa shape index (κ2) is 7.76. The van der Waals surface area contributed by atoms with Gasteiger partial charge in [0.2, 0.25) is 0 Å². The number of hydrogen-bond acceptors (Lipinski definition) is 2. The molecule has 1 aromatic heterocycles. The second-order valence-electron chi connectivity index (χ2n) is 7.92. The van der Waals surface area contributed by atoms with Crippen LogP contribution in [0, 0.1) is 6.92 Å². The van der Waals surface area contributed by atoms with E-state index in [9.17, 15) is 0 Å². The normalized spacial score (nSPS) is 11.7. The summed E-state index contributed by atoms with van der Waals surface area (Å²) in [7, 11) is 1.71. The van der Waals surface area contributed by atoms with Crippen LogP contribution in [0.15, 0.2) is 72.8 Å². The molecule has 4 rings (SSSR count). The number of benzene rings is 3. The molecule has 3 aromatic carbocycles. The number of ether oxygens (including phenoxy) is 2. The third-order valence-electron chi connectivity index (χ3n) is 5.44. The second-order valence-corrected chi connectivity index (χ2v) is 7.92. The zero-order valence-corrected chi connectivity index (χ0v) is 17.5. The quantitative estimate of drug-likeness (QED) is 0.405. The highest BCUT2D eigenvalue weighted by molar-refractivity contribution is 5.87. The van der Waals surface area contributed by atoms with Gasteiger partial charge in [-0.15, -0.1) is 0 Å². The van der Waals surface area contributed by atoms with Crippen molar-refractivity contribution in [1.82, 2.24) is 4.98 Å². The van der Waals surface area contributed by atoms with Crippen molar-refractivity contribution in [2.75, 3.05) is 7.11 Å². The summed E-state index contributed by atoms with van der Waals surface area (Å²) in [6, 6.07) is 25.0. The fourth-order valence-electron chi connectivity index (χ4n) is 3.83. The van der Waals surface area contributed by atoms with E-state index in [1.807, 2.05) is 18.2 Å². The lowest BCUT2D eigenvalue weighted by Crippen LogP contribution is -2.23. The molecule has 4 aromatic rings. The first-order chi connectivity index (χ1) is 14.0. The maximum atomic E-state index is 6.42. The van der Waals surface area contributed by atoms with Crippen LogP contribution in [-0.2, 0) is 16.9 Å². The molecule has 0 aliphatic carbocycles. The largest absolute Gasteiger partial charge is 0.497 e. The molecule has 0 unspecified atom stereocenters. The van der Waals surface area contributed by atoms with Crippen LogP contribution < -0.4 is 4.74 Å². The van der Waals surface area contributed by atoms with E-state index >= 15 is 0 Å². The van der Waals surface area contributed by atoms with Crippen LogP contribution in [0.25, 0.3) is 22.2 Å². The number of H-pyrrole nitrogens is 1. The molecule has 1 heterocycles. The van der Waals surface area contributed by atoms with Gasteiger partial charge in [-0.25, -0.2) is 0 Å². The number of para-hydroxylation sites is 1. The Bertz CT molecular complexity index is 1090. The van der Waals surface area contributed by atoms with Crippen molar-refractivity contribution in [2.45, 2.75) is 33.0 Å². The maximum absolute atomic E-state index is 6.42. The minimum atomic E-state index is -0.498. The van der Waals surface area contributed by atoms with Crippen molar-refractivity contribution < 1.29 is 9.47 Å². The average Bonchev–Trinajstić information content (AvgIpc) is 3.16. The summed E-state index contributed by atoms with van der Waals surface area (Å²) >= 11 is 0. The summed E-state index contributed by atoms with van der Waals surface area (Å²) in [6.07, 6.45) is 0. The Kier molecular flexibility index (Phi) is 5.16.